The Kier molecular flexibility index (Phi) is 2.47. The molecule has 1 aromatic rings. The van der Waals surface area contributed by atoms with Crippen molar-refractivity contribution in [2.75, 3.05) is 0 Å². The van der Waals surface area contributed by atoms with Gasteiger partial charge in [0, 0.05) is 11.3 Å². The summed E-state index contributed by atoms with van der Waals surface area (Å²) in [5.74, 6) is 1.43. The Morgan fingerprint density at radius 2 is 2.33 bits per heavy atom. The highest BCUT2D eigenvalue weighted by Gasteiger charge is 2.30. The Morgan fingerprint density at radius 1 is 1.50 bits per heavy atom. The van der Waals surface area contributed by atoms with E-state index in [0.717, 1.165) is 23.1 Å². The summed E-state index contributed by atoms with van der Waals surface area (Å²) < 4.78 is 6.44. The van der Waals surface area contributed by atoms with Crippen molar-refractivity contribution in [3.8, 4) is 0 Å². The quantitative estimate of drug-likeness (QED) is 0.688. The van der Waals surface area contributed by atoms with Gasteiger partial charge < -0.3 is 4.42 Å². The van der Waals surface area contributed by atoms with E-state index in [1.54, 1.807) is 6.26 Å². The first-order chi connectivity index (χ1) is 5.79. The zero-order valence-electron chi connectivity index (χ0n) is 6.59. The summed E-state index contributed by atoms with van der Waals surface area (Å²) >= 11 is 9.61. The maximum absolute atomic E-state index is 6.16. The Morgan fingerprint density at radius 3 is 2.83 bits per heavy atom. The second-order valence-electron chi connectivity index (χ2n) is 3.19. The molecule has 1 fully saturated rings. The fraction of sp³-hybridized carbons (Fsp3) is 0.556. The average molecular weight is 250 g/mol. The molecular formula is C9H10BrClO. The highest BCUT2D eigenvalue weighted by molar-refractivity contribution is 9.10. The third kappa shape index (κ3) is 1.42. The molecule has 2 rings (SSSR count). The number of furan rings is 1. The minimum Gasteiger partial charge on any atom is -0.468 e. The van der Waals surface area contributed by atoms with Crippen LogP contribution in [0.5, 0.6) is 0 Å². The van der Waals surface area contributed by atoms with Gasteiger partial charge in [-0.2, -0.15) is 0 Å². The van der Waals surface area contributed by atoms with E-state index in [-0.39, 0.29) is 5.38 Å². The average Bonchev–Trinajstić information content (AvgIpc) is 2.59. The third-order valence-corrected chi connectivity index (χ3v) is 3.59. The summed E-state index contributed by atoms with van der Waals surface area (Å²) in [6.45, 7) is 0. The molecule has 0 aliphatic heterocycles. The molecule has 0 bridgehead atoms. The van der Waals surface area contributed by atoms with Crippen molar-refractivity contribution >= 4 is 27.5 Å². The number of hydrogen-bond acceptors (Lipinski definition) is 1. The van der Waals surface area contributed by atoms with Crippen LogP contribution >= 0.6 is 27.5 Å². The van der Waals surface area contributed by atoms with Crippen LogP contribution in [0.3, 0.4) is 0 Å². The molecule has 0 radical (unpaired) electrons. The fourth-order valence-electron chi connectivity index (χ4n) is 1.78. The summed E-state index contributed by atoms with van der Waals surface area (Å²) in [7, 11) is 0. The minimum absolute atomic E-state index is 0.257. The fourth-order valence-corrected chi connectivity index (χ4v) is 2.67. The molecule has 3 heteroatoms. The van der Waals surface area contributed by atoms with Gasteiger partial charge in [-0.1, -0.05) is 6.42 Å². The summed E-state index contributed by atoms with van der Waals surface area (Å²) in [4.78, 5) is 0. The number of alkyl halides is 1. The van der Waals surface area contributed by atoms with Crippen molar-refractivity contribution in [1.29, 1.82) is 0 Å². The van der Waals surface area contributed by atoms with Crippen LogP contribution in [0.25, 0.3) is 0 Å². The largest absolute Gasteiger partial charge is 0.468 e. The molecule has 1 saturated carbocycles. The van der Waals surface area contributed by atoms with Gasteiger partial charge in [-0.05, 0) is 34.8 Å². The number of rotatable bonds is 1. The lowest BCUT2D eigenvalue weighted by atomic mass is 10.1. The Labute approximate surface area is 85.2 Å². The first kappa shape index (κ1) is 8.64. The molecule has 1 heterocycles. The van der Waals surface area contributed by atoms with Gasteiger partial charge in [0.05, 0.1) is 10.7 Å². The Bertz CT molecular complexity index is 271. The lowest BCUT2D eigenvalue weighted by Gasteiger charge is -2.10. The van der Waals surface area contributed by atoms with Crippen LogP contribution in [0.1, 0.15) is 30.9 Å². The van der Waals surface area contributed by atoms with Gasteiger partial charge in [-0.25, -0.2) is 0 Å². The van der Waals surface area contributed by atoms with Crippen LogP contribution in [-0.2, 0) is 0 Å². The molecule has 66 valence electrons. The van der Waals surface area contributed by atoms with Crippen LogP contribution in [-0.4, -0.2) is 5.38 Å². The first-order valence-corrected chi connectivity index (χ1v) is 5.39. The van der Waals surface area contributed by atoms with E-state index < -0.39 is 0 Å². The van der Waals surface area contributed by atoms with Crippen LogP contribution in [0.2, 0.25) is 0 Å². The lowest BCUT2D eigenvalue weighted by molar-refractivity contribution is 0.464. The van der Waals surface area contributed by atoms with Gasteiger partial charge in [0.1, 0.15) is 5.76 Å². The molecule has 0 N–H and O–H groups in total. The molecule has 1 aliphatic carbocycles. The molecule has 1 aliphatic rings. The van der Waals surface area contributed by atoms with Gasteiger partial charge in [0.2, 0.25) is 0 Å². The molecule has 2 unspecified atom stereocenters. The van der Waals surface area contributed by atoms with Gasteiger partial charge >= 0.3 is 0 Å². The van der Waals surface area contributed by atoms with Gasteiger partial charge in [-0.15, -0.1) is 11.6 Å². The zero-order chi connectivity index (χ0) is 8.55. The maximum Gasteiger partial charge on any atom is 0.122 e. The van der Waals surface area contributed by atoms with Gasteiger partial charge in [0.15, 0.2) is 0 Å². The van der Waals surface area contributed by atoms with Crippen molar-refractivity contribution in [3.05, 3.63) is 22.6 Å². The summed E-state index contributed by atoms with van der Waals surface area (Å²) in [5, 5.41) is 0.257. The molecular weight excluding hydrogens is 239 g/mol. The first-order valence-electron chi connectivity index (χ1n) is 4.16. The van der Waals surface area contributed by atoms with E-state index >= 15 is 0 Å². The lowest BCUT2D eigenvalue weighted by Crippen LogP contribution is -2.03. The highest BCUT2D eigenvalue weighted by atomic mass is 79.9. The van der Waals surface area contributed by atoms with E-state index in [0.29, 0.717) is 5.92 Å². The van der Waals surface area contributed by atoms with Crippen molar-refractivity contribution < 1.29 is 4.42 Å². The topological polar surface area (TPSA) is 13.1 Å². The molecule has 2 atom stereocenters. The molecule has 1 aromatic heterocycles. The summed E-state index contributed by atoms with van der Waals surface area (Å²) in [6, 6.07) is 1.93. The van der Waals surface area contributed by atoms with E-state index in [9.17, 15) is 0 Å². The third-order valence-electron chi connectivity index (χ3n) is 2.41. The predicted molar refractivity (Wildman–Crippen MR) is 52.6 cm³/mol. The summed E-state index contributed by atoms with van der Waals surface area (Å²) in [5.41, 5.74) is 0. The molecule has 0 saturated heterocycles. The second-order valence-corrected chi connectivity index (χ2v) is 4.60. The van der Waals surface area contributed by atoms with Crippen molar-refractivity contribution in [1.82, 2.24) is 0 Å². The number of hydrogen-bond donors (Lipinski definition) is 0. The summed E-state index contributed by atoms with van der Waals surface area (Å²) in [6.07, 6.45) is 5.19. The van der Waals surface area contributed by atoms with Crippen molar-refractivity contribution in [2.24, 2.45) is 0 Å². The second kappa shape index (κ2) is 3.43. The highest BCUT2D eigenvalue weighted by Crippen LogP contribution is 2.41. The molecule has 0 amide bonds. The van der Waals surface area contributed by atoms with E-state index in [4.69, 9.17) is 16.0 Å². The van der Waals surface area contributed by atoms with Crippen LogP contribution < -0.4 is 0 Å². The Balaban J connectivity index is 2.24. The number of halogens is 2. The smallest absolute Gasteiger partial charge is 0.122 e. The molecule has 1 nitrogen and oxygen atoms in total. The van der Waals surface area contributed by atoms with Crippen LogP contribution in [0.15, 0.2) is 21.2 Å². The predicted octanol–water partition coefficient (Wildman–Crippen LogP) is 3.92. The Hall–Kier alpha value is 0.0500. The van der Waals surface area contributed by atoms with Gasteiger partial charge in [-0.3, -0.25) is 0 Å². The normalized spacial score (nSPS) is 29.5. The van der Waals surface area contributed by atoms with Crippen LogP contribution in [0.4, 0.5) is 0 Å². The van der Waals surface area contributed by atoms with E-state index in [1.807, 2.05) is 6.07 Å². The SMILES string of the molecule is ClC1CCCC1c1occc1Br. The monoisotopic (exact) mass is 248 g/mol. The molecule has 12 heavy (non-hydrogen) atoms. The molecule has 0 spiro atoms. The maximum atomic E-state index is 6.16. The van der Waals surface area contributed by atoms with E-state index in [1.165, 1.54) is 6.42 Å². The van der Waals surface area contributed by atoms with Gasteiger partial charge in [0.25, 0.3) is 0 Å². The van der Waals surface area contributed by atoms with Crippen molar-refractivity contribution in [2.45, 2.75) is 30.6 Å². The standard InChI is InChI=1S/C9H10BrClO/c10-7-4-5-12-9(7)6-2-1-3-8(6)11/h4-6,8H,1-3H2. The van der Waals surface area contributed by atoms with E-state index in [2.05, 4.69) is 15.9 Å². The van der Waals surface area contributed by atoms with Crippen molar-refractivity contribution in [3.63, 3.8) is 0 Å². The zero-order valence-corrected chi connectivity index (χ0v) is 8.94. The minimum atomic E-state index is 0.257. The molecule has 0 aromatic carbocycles. The van der Waals surface area contributed by atoms with Crippen LogP contribution in [0, 0.1) is 0 Å².